The summed E-state index contributed by atoms with van der Waals surface area (Å²) in [5, 5.41) is 33.2. The molecule has 34 heavy (non-hydrogen) atoms. The smallest absolute Gasteiger partial charge is 0.207 e. The number of hydrogen-bond acceptors (Lipinski definition) is 10. The standard InChI is InChI=1S/C23H27N7O4/c1-33-8-2-6-25-23-28-18-20(29-7-5-15-4-3-14(10-24)9-16(15)11-29)26-13-27-21(18)30(23)22-19(32)17(31)12-34-22/h3-4,9,13,17,19,22,31-32H,2,5-8,11-12H2,1H3,(H,25,28)/t17-,19-,22-/m1/s1. The van der Waals surface area contributed by atoms with Gasteiger partial charge in [-0.05, 0) is 36.1 Å². The minimum atomic E-state index is -1.11. The average molecular weight is 466 g/mol. The van der Waals surface area contributed by atoms with E-state index in [4.69, 9.17) is 14.5 Å². The van der Waals surface area contributed by atoms with E-state index in [9.17, 15) is 15.5 Å². The van der Waals surface area contributed by atoms with Gasteiger partial charge >= 0.3 is 0 Å². The zero-order chi connectivity index (χ0) is 23.7. The van der Waals surface area contributed by atoms with Crippen LogP contribution < -0.4 is 10.2 Å². The van der Waals surface area contributed by atoms with Gasteiger partial charge in [-0.1, -0.05) is 6.07 Å². The molecule has 1 fully saturated rings. The molecule has 2 aromatic heterocycles. The predicted octanol–water partition coefficient (Wildman–Crippen LogP) is 0.960. The maximum atomic E-state index is 10.5. The van der Waals surface area contributed by atoms with Crippen LogP contribution in [0.3, 0.4) is 0 Å². The van der Waals surface area contributed by atoms with Crippen LogP contribution in [-0.4, -0.2) is 75.4 Å². The topological polar surface area (TPSA) is 142 Å². The number of anilines is 2. The highest BCUT2D eigenvalue weighted by molar-refractivity contribution is 5.86. The van der Waals surface area contributed by atoms with Crippen LogP contribution in [0.25, 0.3) is 11.2 Å². The third-order valence-electron chi connectivity index (χ3n) is 6.29. The lowest BCUT2D eigenvalue weighted by molar-refractivity contribution is -0.0151. The van der Waals surface area contributed by atoms with Crippen LogP contribution in [0, 0.1) is 11.3 Å². The highest BCUT2D eigenvalue weighted by Crippen LogP contribution is 2.35. The Morgan fingerprint density at radius 1 is 1.29 bits per heavy atom. The Balaban J connectivity index is 1.53. The first-order valence-electron chi connectivity index (χ1n) is 11.3. The monoisotopic (exact) mass is 465 g/mol. The van der Waals surface area contributed by atoms with Crippen LogP contribution >= 0.6 is 0 Å². The molecule has 3 atom stereocenters. The fourth-order valence-electron chi connectivity index (χ4n) is 4.53. The summed E-state index contributed by atoms with van der Waals surface area (Å²) in [6, 6.07) is 7.99. The molecule has 0 spiro atoms. The zero-order valence-corrected chi connectivity index (χ0v) is 18.9. The summed E-state index contributed by atoms with van der Waals surface area (Å²) < 4.78 is 12.5. The molecule has 2 aliphatic heterocycles. The number of aromatic nitrogens is 4. The van der Waals surface area contributed by atoms with Crippen molar-refractivity contribution < 1.29 is 19.7 Å². The third kappa shape index (κ3) is 4.05. The summed E-state index contributed by atoms with van der Waals surface area (Å²) in [4.78, 5) is 15.9. The number of ether oxygens (including phenoxy) is 2. The second-order valence-electron chi connectivity index (χ2n) is 8.50. The molecule has 0 amide bonds. The first-order chi connectivity index (χ1) is 16.6. The number of rotatable bonds is 7. The molecule has 1 aromatic carbocycles. The van der Waals surface area contributed by atoms with Gasteiger partial charge in [0.15, 0.2) is 23.2 Å². The molecule has 3 N–H and O–H groups in total. The lowest BCUT2D eigenvalue weighted by Gasteiger charge is -2.29. The Labute approximate surface area is 196 Å². The van der Waals surface area contributed by atoms with Crippen LogP contribution in [-0.2, 0) is 22.4 Å². The van der Waals surface area contributed by atoms with Crippen LogP contribution in [0.2, 0.25) is 0 Å². The molecule has 4 heterocycles. The second-order valence-corrected chi connectivity index (χ2v) is 8.50. The minimum absolute atomic E-state index is 0.0245. The summed E-state index contributed by atoms with van der Waals surface area (Å²) in [5.41, 5.74) is 4.03. The van der Waals surface area contributed by atoms with Gasteiger partial charge in [0.25, 0.3) is 0 Å². The number of nitrogens with zero attached hydrogens (tertiary/aromatic N) is 6. The Morgan fingerprint density at radius 2 is 2.18 bits per heavy atom. The van der Waals surface area contributed by atoms with Gasteiger partial charge in [0, 0.05) is 33.4 Å². The molecular formula is C23H27N7O4. The molecule has 1 saturated heterocycles. The molecule has 11 heteroatoms. The van der Waals surface area contributed by atoms with Crippen molar-refractivity contribution in [2.24, 2.45) is 0 Å². The largest absolute Gasteiger partial charge is 0.388 e. The summed E-state index contributed by atoms with van der Waals surface area (Å²) in [7, 11) is 1.65. The maximum absolute atomic E-state index is 10.5. The van der Waals surface area contributed by atoms with Crippen molar-refractivity contribution in [3.8, 4) is 6.07 Å². The van der Waals surface area contributed by atoms with E-state index in [0.29, 0.717) is 48.2 Å². The van der Waals surface area contributed by atoms with Gasteiger partial charge in [-0.3, -0.25) is 4.57 Å². The van der Waals surface area contributed by atoms with E-state index in [0.717, 1.165) is 24.9 Å². The van der Waals surface area contributed by atoms with E-state index in [1.165, 1.54) is 11.9 Å². The quantitative estimate of drug-likeness (QED) is 0.432. The molecule has 3 aromatic rings. The Bertz CT molecular complexity index is 1220. The number of aliphatic hydroxyl groups is 2. The second kappa shape index (κ2) is 9.52. The molecule has 0 saturated carbocycles. The van der Waals surface area contributed by atoms with Crippen molar-refractivity contribution in [1.29, 1.82) is 5.26 Å². The number of nitrogens with one attached hydrogen (secondary N) is 1. The lowest BCUT2D eigenvalue weighted by Crippen LogP contribution is -2.31. The SMILES string of the molecule is COCCCNc1nc2c(N3CCc4ccc(C#N)cc4C3)ncnc2n1[C@@H]1OC[C@@H](O)[C@H]1O. The predicted molar refractivity (Wildman–Crippen MR) is 123 cm³/mol. The number of hydrogen-bond donors (Lipinski definition) is 3. The van der Waals surface area contributed by atoms with Gasteiger partial charge in [0.1, 0.15) is 18.5 Å². The zero-order valence-electron chi connectivity index (χ0n) is 18.9. The fourth-order valence-corrected chi connectivity index (χ4v) is 4.53. The summed E-state index contributed by atoms with van der Waals surface area (Å²) in [5.74, 6) is 1.15. The average Bonchev–Trinajstić information content (AvgIpc) is 3.39. The molecule has 178 valence electrons. The van der Waals surface area contributed by atoms with Crippen molar-refractivity contribution in [3.63, 3.8) is 0 Å². The van der Waals surface area contributed by atoms with Gasteiger partial charge in [-0.15, -0.1) is 0 Å². The van der Waals surface area contributed by atoms with Crippen molar-refractivity contribution in [2.75, 3.05) is 43.6 Å². The summed E-state index contributed by atoms with van der Waals surface area (Å²) in [6.45, 7) is 2.56. The van der Waals surface area contributed by atoms with E-state index < -0.39 is 18.4 Å². The number of aliphatic hydroxyl groups excluding tert-OH is 2. The fraction of sp³-hybridized carbons (Fsp3) is 0.478. The highest BCUT2D eigenvalue weighted by Gasteiger charge is 2.39. The molecule has 2 aliphatic rings. The highest BCUT2D eigenvalue weighted by atomic mass is 16.5. The van der Waals surface area contributed by atoms with Crippen molar-refractivity contribution in [1.82, 2.24) is 19.5 Å². The number of imidazole rings is 1. The van der Waals surface area contributed by atoms with Crippen molar-refractivity contribution in [2.45, 2.75) is 37.8 Å². The first kappa shape index (κ1) is 22.5. The van der Waals surface area contributed by atoms with Crippen molar-refractivity contribution >= 4 is 22.9 Å². The van der Waals surface area contributed by atoms with Gasteiger partial charge in [-0.2, -0.15) is 5.26 Å². The maximum Gasteiger partial charge on any atom is 0.207 e. The molecule has 0 radical (unpaired) electrons. The van der Waals surface area contributed by atoms with Crippen LogP contribution in [0.15, 0.2) is 24.5 Å². The molecule has 0 bridgehead atoms. The Morgan fingerprint density at radius 3 is 2.94 bits per heavy atom. The third-order valence-corrected chi connectivity index (χ3v) is 6.29. The van der Waals surface area contributed by atoms with E-state index in [-0.39, 0.29) is 6.61 Å². The minimum Gasteiger partial charge on any atom is -0.388 e. The van der Waals surface area contributed by atoms with Crippen LogP contribution in [0.5, 0.6) is 0 Å². The number of methoxy groups -OCH3 is 1. The van der Waals surface area contributed by atoms with Crippen LogP contribution in [0.1, 0.15) is 29.3 Å². The molecule has 5 rings (SSSR count). The van der Waals surface area contributed by atoms with Gasteiger partial charge in [0.05, 0.1) is 18.2 Å². The number of nitriles is 1. The van der Waals surface area contributed by atoms with Gasteiger partial charge in [-0.25, -0.2) is 15.0 Å². The lowest BCUT2D eigenvalue weighted by atomic mass is 9.97. The normalized spacial score (nSPS) is 22.1. The molecule has 0 aliphatic carbocycles. The summed E-state index contributed by atoms with van der Waals surface area (Å²) >= 11 is 0. The molecule has 0 unspecified atom stereocenters. The van der Waals surface area contributed by atoms with Crippen LogP contribution in [0.4, 0.5) is 11.8 Å². The van der Waals surface area contributed by atoms with Gasteiger partial charge < -0.3 is 29.9 Å². The summed E-state index contributed by atoms with van der Waals surface area (Å²) in [6.07, 6.45) is 0.141. The number of fused-ring (bicyclic) bond motifs is 2. The number of benzene rings is 1. The Kier molecular flexibility index (Phi) is 6.30. The van der Waals surface area contributed by atoms with E-state index in [1.54, 1.807) is 11.7 Å². The first-order valence-corrected chi connectivity index (χ1v) is 11.3. The Hall–Kier alpha value is -3.30. The van der Waals surface area contributed by atoms with E-state index >= 15 is 0 Å². The molecule has 11 nitrogen and oxygen atoms in total. The van der Waals surface area contributed by atoms with E-state index in [2.05, 4.69) is 26.3 Å². The van der Waals surface area contributed by atoms with E-state index in [1.807, 2.05) is 18.2 Å². The van der Waals surface area contributed by atoms with Crippen molar-refractivity contribution in [3.05, 3.63) is 41.2 Å². The van der Waals surface area contributed by atoms with Gasteiger partial charge in [0.2, 0.25) is 5.95 Å². The molecular weight excluding hydrogens is 438 g/mol.